The molecule has 0 aliphatic carbocycles. The quantitative estimate of drug-likeness (QED) is 0.702. The summed E-state index contributed by atoms with van der Waals surface area (Å²) in [5.74, 6) is 0.547. The fraction of sp³-hybridized carbons (Fsp3) is 0.500. The zero-order valence-electron chi connectivity index (χ0n) is 8.49. The summed E-state index contributed by atoms with van der Waals surface area (Å²) in [5, 5.41) is 0. The van der Waals surface area contributed by atoms with Crippen LogP contribution in [0, 0.1) is 0 Å². The van der Waals surface area contributed by atoms with Gasteiger partial charge in [0.15, 0.2) is 0 Å². The first kappa shape index (κ1) is 9.84. The molecule has 0 unspecified atom stereocenters. The Labute approximate surface area is 79.6 Å². The molecule has 0 spiro atoms. The van der Waals surface area contributed by atoms with Crippen molar-refractivity contribution in [2.75, 3.05) is 0 Å². The van der Waals surface area contributed by atoms with Gasteiger partial charge >= 0.3 is 0 Å². The van der Waals surface area contributed by atoms with Crippen LogP contribution in [0.15, 0.2) is 29.2 Å². The zero-order chi connectivity index (χ0) is 9.90. The zero-order valence-corrected chi connectivity index (χ0v) is 8.49. The van der Waals surface area contributed by atoms with Crippen molar-refractivity contribution in [1.29, 1.82) is 0 Å². The van der Waals surface area contributed by atoms with Crippen LogP contribution in [0.3, 0.4) is 0 Å². The van der Waals surface area contributed by atoms with E-state index >= 15 is 0 Å². The van der Waals surface area contributed by atoms with Gasteiger partial charge in [0.2, 0.25) is 0 Å². The molecule has 2 N–H and O–H groups in total. The molecule has 0 fully saturated rings. The molecule has 0 saturated heterocycles. The van der Waals surface area contributed by atoms with Crippen LogP contribution in [-0.2, 0) is 0 Å². The maximum absolute atomic E-state index is 5.57. The lowest BCUT2D eigenvalue weighted by atomic mass is 10.0. The van der Waals surface area contributed by atoms with E-state index in [4.69, 9.17) is 5.73 Å². The van der Waals surface area contributed by atoms with E-state index in [0.29, 0.717) is 5.82 Å². The Hall–Kier alpha value is -1.25. The molecule has 0 aromatic carbocycles. The fourth-order valence-electron chi connectivity index (χ4n) is 0.985. The average Bonchev–Trinajstić information content (AvgIpc) is 2.30. The van der Waals surface area contributed by atoms with E-state index in [2.05, 4.69) is 30.7 Å². The van der Waals surface area contributed by atoms with Gasteiger partial charge in [-0.15, -0.1) is 0 Å². The van der Waals surface area contributed by atoms with Crippen molar-refractivity contribution >= 4 is 6.34 Å². The van der Waals surface area contributed by atoms with Crippen LogP contribution in [0.2, 0.25) is 0 Å². The third kappa shape index (κ3) is 2.34. The largest absolute Gasteiger partial charge is 0.384 e. The second-order valence-corrected chi connectivity index (χ2v) is 3.75. The molecule has 0 radical (unpaired) electrons. The maximum atomic E-state index is 5.57. The van der Waals surface area contributed by atoms with Crippen LogP contribution in [0.1, 0.15) is 27.2 Å². The number of nitrogens with zero attached hydrogens (tertiary/aromatic N) is 2. The van der Waals surface area contributed by atoms with Crippen molar-refractivity contribution in [3.05, 3.63) is 24.2 Å². The molecule has 0 aromatic heterocycles. The lowest BCUT2D eigenvalue weighted by Crippen LogP contribution is -2.38. The van der Waals surface area contributed by atoms with Gasteiger partial charge in [0, 0.05) is 11.7 Å². The van der Waals surface area contributed by atoms with Gasteiger partial charge in [0.05, 0.1) is 6.34 Å². The van der Waals surface area contributed by atoms with E-state index in [1.54, 1.807) is 12.4 Å². The highest BCUT2D eigenvalue weighted by molar-refractivity contribution is 5.60. The van der Waals surface area contributed by atoms with Crippen LogP contribution in [0.5, 0.6) is 0 Å². The minimum Gasteiger partial charge on any atom is -0.384 e. The summed E-state index contributed by atoms with van der Waals surface area (Å²) in [4.78, 5) is 6.17. The van der Waals surface area contributed by atoms with Crippen LogP contribution in [0.4, 0.5) is 0 Å². The number of hydrogen-bond acceptors (Lipinski definition) is 3. The molecule has 0 saturated carbocycles. The highest BCUT2D eigenvalue weighted by Gasteiger charge is 2.20. The molecule has 3 nitrogen and oxygen atoms in total. The number of hydrogen-bond donors (Lipinski definition) is 1. The predicted molar refractivity (Wildman–Crippen MR) is 56.1 cm³/mol. The molecule has 1 heterocycles. The lowest BCUT2D eigenvalue weighted by molar-refractivity contribution is 0.280. The molecule has 0 atom stereocenters. The molecule has 1 aliphatic heterocycles. The Balaban J connectivity index is 2.81. The second-order valence-electron chi connectivity index (χ2n) is 3.75. The molecule has 13 heavy (non-hydrogen) atoms. The summed E-state index contributed by atoms with van der Waals surface area (Å²) >= 11 is 0. The van der Waals surface area contributed by atoms with Gasteiger partial charge in [-0.2, -0.15) is 0 Å². The minimum atomic E-state index is 0.0957. The molecule has 0 bridgehead atoms. The Kier molecular flexibility index (Phi) is 2.76. The second kappa shape index (κ2) is 3.64. The summed E-state index contributed by atoms with van der Waals surface area (Å²) < 4.78 is 0. The van der Waals surface area contributed by atoms with E-state index in [1.165, 1.54) is 0 Å². The first-order chi connectivity index (χ1) is 6.06. The van der Waals surface area contributed by atoms with Gasteiger partial charge in [-0.1, -0.05) is 6.92 Å². The van der Waals surface area contributed by atoms with Crippen molar-refractivity contribution in [3.8, 4) is 0 Å². The summed E-state index contributed by atoms with van der Waals surface area (Å²) in [6, 6.07) is 0. The molecular formula is C10H17N3. The summed E-state index contributed by atoms with van der Waals surface area (Å²) in [6.45, 7) is 6.50. The Morgan fingerprint density at radius 2 is 2.23 bits per heavy atom. The van der Waals surface area contributed by atoms with Crippen molar-refractivity contribution in [3.63, 3.8) is 0 Å². The SMILES string of the molecule is CCC(C)(C)N1C=CC=C(N)N=C1. The first-order valence-corrected chi connectivity index (χ1v) is 4.53. The summed E-state index contributed by atoms with van der Waals surface area (Å²) in [7, 11) is 0. The number of aliphatic imine (C=N–C) groups is 1. The number of rotatable bonds is 2. The van der Waals surface area contributed by atoms with Crippen LogP contribution < -0.4 is 5.73 Å². The van der Waals surface area contributed by atoms with E-state index in [-0.39, 0.29) is 5.54 Å². The fourth-order valence-corrected chi connectivity index (χ4v) is 0.985. The minimum absolute atomic E-state index is 0.0957. The van der Waals surface area contributed by atoms with Crippen molar-refractivity contribution in [2.45, 2.75) is 32.7 Å². The molecule has 72 valence electrons. The smallest absolute Gasteiger partial charge is 0.125 e. The molecule has 0 aromatic rings. The Morgan fingerprint density at radius 1 is 1.54 bits per heavy atom. The van der Waals surface area contributed by atoms with E-state index in [0.717, 1.165) is 6.42 Å². The van der Waals surface area contributed by atoms with Gasteiger partial charge in [-0.05, 0) is 32.4 Å². The van der Waals surface area contributed by atoms with Gasteiger partial charge in [-0.25, -0.2) is 4.99 Å². The van der Waals surface area contributed by atoms with Crippen molar-refractivity contribution < 1.29 is 0 Å². The van der Waals surface area contributed by atoms with Gasteiger partial charge in [-0.3, -0.25) is 0 Å². The van der Waals surface area contributed by atoms with E-state index < -0.39 is 0 Å². The van der Waals surface area contributed by atoms with E-state index in [9.17, 15) is 0 Å². The van der Waals surface area contributed by atoms with Crippen molar-refractivity contribution in [2.24, 2.45) is 10.7 Å². The monoisotopic (exact) mass is 179 g/mol. The Bertz CT molecular complexity index is 261. The number of nitrogens with two attached hydrogens (primary N) is 1. The van der Waals surface area contributed by atoms with Gasteiger partial charge < -0.3 is 10.6 Å². The van der Waals surface area contributed by atoms with Gasteiger partial charge in [0.25, 0.3) is 0 Å². The number of allylic oxidation sites excluding steroid dienone is 2. The summed E-state index contributed by atoms with van der Waals surface area (Å²) in [5.41, 5.74) is 5.66. The van der Waals surface area contributed by atoms with E-state index in [1.807, 2.05) is 12.3 Å². The molecule has 3 heteroatoms. The third-order valence-corrected chi connectivity index (χ3v) is 2.41. The molecule has 1 rings (SSSR count). The highest BCUT2D eigenvalue weighted by Crippen LogP contribution is 2.18. The topological polar surface area (TPSA) is 41.6 Å². The van der Waals surface area contributed by atoms with Crippen LogP contribution in [-0.4, -0.2) is 16.8 Å². The standard InChI is InChI=1S/C10H17N3/c1-4-10(2,3)13-7-5-6-9(11)12-8-13/h5-8H,4,11H2,1-3H3. The summed E-state index contributed by atoms with van der Waals surface area (Å²) in [6.07, 6.45) is 8.54. The average molecular weight is 179 g/mol. The van der Waals surface area contributed by atoms with Gasteiger partial charge in [0.1, 0.15) is 5.82 Å². The lowest BCUT2D eigenvalue weighted by Gasteiger charge is -2.33. The molecular weight excluding hydrogens is 162 g/mol. The maximum Gasteiger partial charge on any atom is 0.125 e. The normalized spacial score (nSPS) is 17.2. The van der Waals surface area contributed by atoms with Crippen molar-refractivity contribution in [1.82, 2.24) is 4.90 Å². The Morgan fingerprint density at radius 3 is 2.85 bits per heavy atom. The van der Waals surface area contributed by atoms with Crippen LogP contribution in [0.25, 0.3) is 0 Å². The van der Waals surface area contributed by atoms with Crippen LogP contribution >= 0.6 is 0 Å². The highest BCUT2D eigenvalue weighted by atomic mass is 15.2. The first-order valence-electron chi connectivity index (χ1n) is 4.53. The molecule has 1 aliphatic rings. The third-order valence-electron chi connectivity index (χ3n) is 2.41. The predicted octanol–water partition coefficient (Wildman–Crippen LogP) is 1.83. The molecule has 0 amide bonds.